The fraction of sp³-hybridized carbons (Fsp3) is 0.345. The van der Waals surface area contributed by atoms with Gasteiger partial charge in [0.15, 0.2) is 0 Å². The second-order valence-corrected chi connectivity index (χ2v) is 10.7. The maximum absolute atomic E-state index is 13.9. The minimum Gasteiger partial charge on any atom is -0.489 e. The molecule has 5 heterocycles. The Hall–Kier alpha value is -4.77. The van der Waals surface area contributed by atoms with Crippen LogP contribution in [0.3, 0.4) is 0 Å². The van der Waals surface area contributed by atoms with Crippen LogP contribution in [0.1, 0.15) is 40.1 Å². The van der Waals surface area contributed by atoms with Crippen LogP contribution < -0.4 is 20.1 Å². The summed E-state index contributed by atoms with van der Waals surface area (Å²) in [6, 6.07) is 7.98. The number of aliphatic hydroxyl groups is 1. The number of nitrogens with zero attached hydrogens (tertiary/aromatic N) is 7. The predicted octanol–water partition coefficient (Wildman–Crippen LogP) is 3.95. The van der Waals surface area contributed by atoms with Gasteiger partial charge in [-0.05, 0) is 17.2 Å². The molecule has 46 heavy (non-hydrogen) atoms. The first-order valence-corrected chi connectivity index (χ1v) is 14.0. The van der Waals surface area contributed by atoms with Gasteiger partial charge in [0.25, 0.3) is 5.56 Å². The summed E-state index contributed by atoms with van der Waals surface area (Å²) >= 11 is 0. The number of aromatic amines is 1. The van der Waals surface area contributed by atoms with Crippen molar-refractivity contribution in [3.8, 4) is 5.75 Å². The van der Waals surface area contributed by atoms with Gasteiger partial charge in [0.1, 0.15) is 24.1 Å². The molecule has 0 amide bonds. The molecule has 242 valence electrons. The molecule has 4 aromatic rings. The molecule has 17 heteroatoms. The van der Waals surface area contributed by atoms with Gasteiger partial charge in [0.05, 0.1) is 29.7 Å². The highest BCUT2D eigenvalue weighted by molar-refractivity contribution is 5.58. The lowest BCUT2D eigenvalue weighted by molar-refractivity contribution is -0.139. The number of hydrogen-bond acceptors (Lipinski definition) is 10. The van der Waals surface area contributed by atoms with Gasteiger partial charge >= 0.3 is 12.4 Å². The summed E-state index contributed by atoms with van der Waals surface area (Å²) < 4.78 is 86.3. The van der Waals surface area contributed by atoms with Crippen LogP contribution in [0.25, 0.3) is 0 Å². The van der Waals surface area contributed by atoms with E-state index >= 15 is 0 Å². The van der Waals surface area contributed by atoms with Gasteiger partial charge in [0, 0.05) is 56.9 Å². The number of hydrogen-bond donors (Lipinski definition) is 2. The number of ether oxygens (including phenoxy) is 1. The maximum Gasteiger partial charge on any atom is 0.423 e. The number of nitrogens with one attached hydrogen (secondary N) is 1. The van der Waals surface area contributed by atoms with Crippen LogP contribution >= 0.6 is 0 Å². The number of halogens is 6. The summed E-state index contributed by atoms with van der Waals surface area (Å²) in [5, 5.41) is 16.6. The van der Waals surface area contributed by atoms with Crippen LogP contribution in [0.5, 0.6) is 5.75 Å². The molecule has 1 saturated heterocycles. The van der Waals surface area contributed by atoms with Crippen molar-refractivity contribution in [1.29, 1.82) is 0 Å². The zero-order valence-corrected chi connectivity index (χ0v) is 23.8. The van der Waals surface area contributed by atoms with Crippen LogP contribution in [0, 0.1) is 0 Å². The molecular formula is C29H26F6N8O3. The number of rotatable bonds is 7. The summed E-state index contributed by atoms with van der Waals surface area (Å²) in [4.78, 5) is 28.9. The molecule has 0 saturated carbocycles. The highest BCUT2D eigenvalue weighted by Crippen LogP contribution is 2.42. The Morgan fingerprint density at radius 2 is 1.67 bits per heavy atom. The Bertz CT molecular complexity index is 1740. The van der Waals surface area contributed by atoms with Crippen molar-refractivity contribution < 1.29 is 36.2 Å². The number of benzene rings is 1. The van der Waals surface area contributed by atoms with E-state index < -0.39 is 41.3 Å². The van der Waals surface area contributed by atoms with Crippen LogP contribution in [-0.2, 0) is 18.9 Å². The van der Waals surface area contributed by atoms with Gasteiger partial charge in [-0.1, -0.05) is 24.3 Å². The Kier molecular flexibility index (Phi) is 8.28. The zero-order valence-electron chi connectivity index (χ0n) is 23.8. The topological polar surface area (TPSA) is 124 Å². The van der Waals surface area contributed by atoms with E-state index in [1.807, 2.05) is 5.10 Å². The third kappa shape index (κ3) is 6.32. The molecule has 6 rings (SSSR count). The highest BCUT2D eigenvalue weighted by Gasteiger charge is 2.42. The SMILES string of the molecule is O=c1[nH]ncc(N2Cc3ccccc3C2COc2cncc(C(O)N3CCN(c4ncc(C(F)(F)F)cn4)CC3)c2)c1C(F)(F)F. The van der Waals surface area contributed by atoms with Crippen molar-refractivity contribution in [2.75, 3.05) is 42.6 Å². The minimum atomic E-state index is -4.92. The molecule has 0 bridgehead atoms. The molecule has 2 aliphatic rings. The van der Waals surface area contributed by atoms with E-state index in [4.69, 9.17) is 4.74 Å². The fourth-order valence-corrected chi connectivity index (χ4v) is 5.62. The van der Waals surface area contributed by atoms with Crippen LogP contribution in [0.4, 0.5) is 38.0 Å². The van der Waals surface area contributed by atoms with Crippen LogP contribution in [0.15, 0.2) is 66.1 Å². The molecule has 1 fully saturated rings. The predicted molar refractivity (Wildman–Crippen MR) is 151 cm³/mol. The number of piperazine rings is 1. The van der Waals surface area contributed by atoms with Crippen molar-refractivity contribution in [2.24, 2.45) is 0 Å². The number of alkyl halides is 6. The maximum atomic E-state index is 13.9. The molecule has 2 aliphatic heterocycles. The second-order valence-electron chi connectivity index (χ2n) is 10.7. The lowest BCUT2D eigenvalue weighted by Crippen LogP contribution is -2.48. The third-order valence-electron chi connectivity index (χ3n) is 7.91. The molecule has 11 nitrogen and oxygen atoms in total. The molecule has 2 N–H and O–H groups in total. The number of fused-ring (bicyclic) bond motifs is 1. The Labute approximate surface area is 257 Å². The summed E-state index contributed by atoms with van der Waals surface area (Å²) in [7, 11) is 0. The number of aliphatic hydroxyl groups excluding tert-OH is 1. The first-order valence-electron chi connectivity index (χ1n) is 14.0. The monoisotopic (exact) mass is 648 g/mol. The average molecular weight is 649 g/mol. The Morgan fingerprint density at radius 1 is 0.957 bits per heavy atom. The summed E-state index contributed by atoms with van der Waals surface area (Å²) in [6.45, 7) is 1.37. The smallest absolute Gasteiger partial charge is 0.423 e. The van der Waals surface area contributed by atoms with Crippen molar-refractivity contribution >= 4 is 11.6 Å². The highest BCUT2D eigenvalue weighted by atomic mass is 19.4. The molecule has 2 atom stereocenters. The van der Waals surface area contributed by atoms with Crippen molar-refractivity contribution in [2.45, 2.75) is 31.2 Å². The molecule has 0 aliphatic carbocycles. The summed E-state index contributed by atoms with van der Waals surface area (Å²) in [5.41, 5.74) is -2.11. The largest absolute Gasteiger partial charge is 0.489 e. The molecular weight excluding hydrogens is 622 g/mol. The van der Waals surface area contributed by atoms with Crippen LogP contribution in [0.2, 0.25) is 0 Å². The van der Waals surface area contributed by atoms with Crippen molar-refractivity contribution in [1.82, 2.24) is 30.0 Å². The quantitative estimate of drug-likeness (QED) is 0.285. The van der Waals surface area contributed by atoms with Crippen LogP contribution in [-0.4, -0.2) is 67.9 Å². The van der Waals surface area contributed by atoms with E-state index in [1.54, 1.807) is 40.1 Å². The van der Waals surface area contributed by atoms with E-state index in [0.29, 0.717) is 31.7 Å². The van der Waals surface area contributed by atoms with Crippen molar-refractivity contribution in [3.05, 3.63) is 99.5 Å². The minimum absolute atomic E-state index is 0.0961. The molecule has 1 aromatic carbocycles. The van der Waals surface area contributed by atoms with Gasteiger partial charge in [-0.15, -0.1) is 0 Å². The Balaban J connectivity index is 1.14. The fourth-order valence-electron chi connectivity index (χ4n) is 5.62. The zero-order chi connectivity index (χ0) is 32.6. The van der Waals surface area contributed by atoms with Gasteiger partial charge in [-0.25, -0.2) is 15.1 Å². The lowest BCUT2D eigenvalue weighted by atomic mass is 10.1. The molecule has 0 spiro atoms. The van der Waals surface area contributed by atoms with Gasteiger partial charge in [-0.2, -0.15) is 31.4 Å². The number of anilines is 2. The average Bonchev–Trinajstić information content (AvgIpc) is 3.41. The second kappa shape index (κ2) is 12.2. The summed E-state index contributed by atoms with van der Waals surface area (Å²) in [6.07, 6.45) is -5.24. The van der Waals surface area contributed by atoms with Gasteiger partial charge in [0.2, 0.25) is 5.95 Å². The lowest BCUT2D eigenvalue weighted by Gasteiger charge is -2.37. The van der Waals surface area contributed by atoms with Gasteiger partial charge in [-0.3, -0.25) is 14.7 Å². The van der Waals surface area contributed by atoms with Crippen molar-refractivity contribution in [3.63, 3.8) is 0 Å². The molecule has 2 unspecified atom stereocenters. The van der Waals surface area contributed by atoms with E-state index in [2.05, 4.69) is 20.1 Å². The van der Waals surface area contributed by atoms with E-state index in [9.17, 15) is 36.2 Å². The normalized spacial score (nSPS) is 18.0. The van der Waals surface area contributed by atoms with Gasteiger partial charge < -0.3 is 19.6 Å². The summed E-state index contributed by atoms with van der Waals surface area (Å²) in [5.74, 6) is 0.415. The third-order valence-corrected chi connectivity index (χ3v) is 7.91. The first-order chi connectivity index (χ1) is 21.9. The number of aromatic nitrogens is 5. The molecule has 3 aromatic heterocycles. The Morgan fingerprint density at radius 3 is 2.37 bits per heavy atom. The van der Waals surface area contributed by atoms with E-state index in [-0.39, 0.29) is 30.5 Å². The van der Waals surface area contributed by atoms with E-state index in [0.717, 1.165) is 29.7 Å². The number of pyridine rings is 1. The molecule has 0 radical (unpaired) electrons. The standard InChI is InChI=1S/C29H26F6N8O3/c30-28(31,32)19-11-37-27(38-12-19)42-7-5-41(6-8-42)26(45)18-9-20(13-36-10-18)46-16-23-21-4-2-1-3-17(21)15-43(23)22-14-39-40-25(44)24(22)29(33,34)35/h1-4,9-14,23,26,45H,5-8,15-16H2,(H,40,44). The number of H-pyrrole nitrogens is 1. The first kappa shape index (κ1) is 31.2. The van der Waals surface area contributed by atoms with E-state index in [1.165, 1.54) is 17.3 Å².